The van der Waals surface area contributed by atoms with Crippen molar-refractivity contribution in [2.75, 3.05) is 0 Å². The minimum Gasteiger partial charge on any atom is -0.508 e. The molecule has 0 spiro atoms. The molecule has 2 heteroatoms. The van der Waals surface area contributed by atoms with Gasteiger partial charge < -0.3 is 9.84 Å². The number of phenolic OH excluding ortho intramolecular Hbond substituents is 1. The highest BCUT2D eigenvalue weighted by Gasteiger charge is 2.08. The Balaban J connectivity index is 2.38. The fourth-order valence-electron chi connectivity index (χ4n) is 1.68. The van der Waals surface area contributed by atoms with Crippen LogP contribution in [0.25, 0.3) is 0 Å². The van der Waals surface area contributed by atoms with Crippen LogP contribution >= 0.6 is 0 Å². The molecule has 0 aliphatic carbocycles. The molecule has 0 aliphatic heterocycles. The molecule has 17 heavy (non-hydrogen) atoms. The van der Waals surface area contributed by atoms with Crippen molar-refractivity contribution in [3.63, 3.8) is 0 Å². The van der Waals surface area contributed by atoms with Gasteiger partial charge in [0, 0.05) is 0 Å². The van der Waals surface area contributed by atoms with E-state index in [0.29, 0.717) is 5.75 Å². The van der Waals surface area contributed by atoms with E-state index in [4.69, 9.17) is 4.74 Å². The van der Waals surface area contributed by atoms with Crippen LogP contribution in [0.5, 0.6) is 17.2 Å². The van der Waals surface area contributed by atoms with E-state index in [-0.39, 0.29) is 0 Å². The van der Waals surface area contributed by atoms with Gasteiger partial charge in [0.2, 0.25) is 0 Å². The Hall–Kier alpha value is -1.96. The predicted molar refractivity (Wildman–Crippen MR) is 68.8 cm³/mol. The van der Waals surface area contributed by atoms with E-state index >= 15 is 0 Å². The Morgan fingerprint density at radius 2 is 1.53 bits per heavy atom. The third kappa shape index (κ3) is 2.26. The monoisotopic (exact) mass is 228 g/mol. The molecule has 1 N–H and O–H groups in total. The van der Waals surface area contributed by atoms with E-state index in [1.165, 1.54) is 0 Å². The third-order valence-corrected chi connectivity index (χ3v) is 3.02. The molecule has 0 amide bonds. The molecule has 0 radical (unpaired) electrons. The Bertz CT molecular complexity index is 545. The zero-order valence-corrected chi connectivity index (χ0v) is 10.3. The summed E-state index contributed by atoms with van der Waals surface area (Å²) in [5.74, 6) is 1.94. The second-order valence-corrected chi connectivity index (χ2v) is 4.20. The van der Waals surface area contributed by atoms with Crippen LogP contribution < -0.4 is 4.74 Å². The standard InChI is InChI=1S/C15H16O2/c1-10-6-4-5-7-14(10)17-15-9-8-13(16)11(2)12(15)3/h4-9,16H,1-3H3. The predicted octanol–water partition coefficient (Wildman–Crippen LogP) is 4.11. The lowest BCUT2D eigenvalue weighted by atomic mass is 10.1. The van der Waals surface area contributed by atoms with Crippen LogP contribution in [0, 0.1) is 20.8 Å². The zero-order valence-electron chi connectivity index (χ0n) is 10.3. The van der Waals surface area contributed by atoms with Crippen molar-refractivity contribution in [3.8, 4) is 17.2 Å². The minimum absolute atomic E-state index is 0.305. The summed E-state index contributed by atoms with van der Waals surface area (Å²) in [6.07, 6.45) is 0. The number of hydrogen-bond donors (Lipinski definition) is 1. The molecule has 0 heterocycles. The van der Waals surface area contributed by atoms with Gasteiger partial charge in [0.05, 0.1) is 0 Å². The van der Waals surface area contributed by atoms with Crippen molar-refractivity contribution in [2.24, 2.45) is 0 Å². The molecule has 0 saturated heterocycles. The van der Waals surface area contributed by atoms with Crippen molar-refractivity contribution in [1.29, 1.82) is 0 Å². The molecule has 0 bridgehead atoms. The fraction of sp³-hybridized carbons (Fsp3) is 0.200. The van der Waals surface area contributed by atoms with Gasteiger partial charge in [-0.05, 0) is 55.7 Å². The number of aryl methyl sites for hydroxylation is 1. The minimum atomic E-state index is 0.305. The van der Waals surface area contributed by atoms with E-state index in [1.807, 2.05) is 45.0 Å². The van der Waals surface area contributed by atoms with E-state index in [9.17, 15) is 5.11 Å². The first kappa shape index (κ1) is 11.5. The van der Waals surface area contributed by atoms with Crippen LogP contribution in [0.3, 0.4) is 0 Å². The smallest absolute Gasteiger partial charge is 0.130 e. The van der Waals surface area contributed by atoms with E-state index < -0.39 is 0 Å². The third-order valence-electron chi connectivity index (χ3n) is 3.02. The summed E-state index contributed by atoms with van der Waals surface area (Å²) < 4.78 is 5.86. The maximum Gasteiger partial charge on any atom is 0.130 e. The Kier molecular flexibility index (Phi) is 3.05. The highest BCUT2D eigenvalue weighted by Crippen LogP contribution is 2.32. The van der Waals surface area contributed by atoms with Gasteiger partial charge in [-0.3, -0.25) is 0 Å². The van der Waals surface area contributed by atoms with Crippen LogP contribution in [-0.4, -0.2) is 5.11 Å². The van der Waals surface area contributed by atoms with Gasteiger partial charge in [0.15, 0.2) is 0 Å². The van der Waals surface area contributed by atoms with Crippen molar-refractivity contribution in [2.45, 2.75) is 20.8 Å². The molecule has 0 fully saturated rings. The lowest BCUT2D eigenvalue weighted by Crippen LogP contribution is -1.92. The number of benzene rings is 2. The van der Waals surface area contributed by atoms with E-state index in [2.05, 4.69) is 0 Å². The number of phenols is 1. The van der Waals surface area contributed by atoms with Gasteiger partial charge in [-0.25, -0.2) is 0 Å². The van der Waals surface area contributed by atoms with E-state index in [1.54, 1.807) is 12.1 Å². The number of hydrogen-bond acceptors (Lipinski definition) is 2. The highest BCUT2D eigenvalue weighted by molar-refractivity contribution is 5.48. The van der Waals surface area contributed by atoms with Crippen molar-refractivity contribution < 1.29 is 9.84 Å². The van der Waals surface area contributed by atoms with Crippen LogP contribution in [0.4, 0.5) is 0 Å². The molecule has 88 valence electrons. The highest BCUT2D eigenvalue weighted by atomic mass is 16.5. The van der Waals surface area contributed by atoms with Crippen LogP contribution in [0.1, 0.15) is 16.7 Å². The molecule has 2 aromatic carbocycles. The average Bonchev–Trinajstić information content (AvgIpc) is 2.32. The van der Waals surface area contributed by atoms with Crippen molar-refractivity contribution >= 4 is 0 Å². The molecule has 2 nitrogen and oxygen atoms in total. The van der Waals surface area contributed by atoms with Crippen molar-refractivity contribution in [3.05, 3.63) is 53.1 Å². The van der Waals surface area contributed by atoms with Gasteiger partial charge in [-0.1, -0.05) is 18.2 Å². The maximum atomic E-state index is 9.59. The molecule has 2 rings (SSSR count). The lowest BCUT2D eigenvalue weighted by Gasteiger charge is -2.13. The molecular weight excluding hydrogens is 212 g/mol. The number of ether oxygens (including phenoxy) is 1. The Morgan fingerprint density at radius 3 is 2.24 bits per heavy atom. The van der Waals surface area contributed by atoms with Gasteiger partial charge >= 0.3 is 0 Å². The van der Waals surface area contributed by atoms with Crippen LogP contribution in [-0.2, 0) is 0 Å². The molecule has 0 aromatic heterocycles. The van der Waals surface area contributed by atoms with Crippen LogP contribution in [0.15, 0.2) is 36.4 Å². The van der Waals surface area contributed by atoms with Gasteiger partial charge in [0.1, 0.15) is 17.2 Å². The van der Waals surface area contributed by atoms with Crippen molar-refractivity contribution in [1.82, 2.24) is 0 Å². The molecule has 2 aromatic rings. The quantitative estimate of drug-likeness (QED) is 0.838. The Labute approximate surface area is 101 Å². The molecule has 0 saturated carbocycles. The Morgan fingerprint density at radius 1 is 0.824 bits per heavy atom. The number of aromatic hydroxyl groups is 1. The van der Waals surface area contributed by atoms with Crippen LogP contribution in [0.2, 0.25) is 0 Å². The lowest BCUT2D eigenvalue weighted by molar-refractivity contribution is 0.456. The summed E-state index contributed by atoms with van der Waals surface area (Å²) in [6.45, 7) is 5.84. The van der Waals surface area contributed by atoms with Gasteiger partial charge in [-0.2, -0.15) is 0 Å². The number of para-hydroxylation sites is 1. The van der Waals surface area contributed by atoms with Gasteiger partial charge in [0.25, 0.3) is 0 Å². The topological polar surface area (TPSA) is 29.5 Å². The summed E-state index contributed by atoms with van der Waals surface area (Å²) in [5, 5.41) is 9.59. The van der Waals surface area contributed by atoms with Gasteiger partial charge in [-0.15, -0.1) is 0 Å². The average molecular weight is 228 g/mol. The molecule has 0 aliphatic rings. The summed E-state index contributed by atoms with van der Waals surface area (Å²) in [5.41, 5.74) is 2.92. The SMILES string of the molecule is Cc1ccccc1Oc1ccc(O)c(C)c1C. The first-order chi connectivity index (χ1) is 8.09. The summed E-state index contributed by atoms with van der Waals surface area (Å²) >= 11 is 0. The number of rotatable bonds is 2. The van der Waals surface area contributed by atoms with E-state index in [0.717, 1.165) is 28.2 Å². The summed E-state index contributed by atoms with van der Waals surface area (Å²) in [6, 6.07) is 11.3. The largest absolute Gasteiger partial charge is 0.508 e. The summed E-state index contributed by atoms with van der Waals surface area (Å²) in [4.78, 5) is 0. The second-order valence-electron chi connectivity index (χ2n) is 4.20. The second kappa shape index (κ2) is 4.50. The first-order valence-corrected chi connectivity index (χ1v) is 5.62. The normalized spacial score (nSPS) is 10.3. The first-order valence-electron chi connectivity index (χ1n) is 5.62. The molecule has 0 atom stereocenters. The zero-order chi connectivity index (χ0) is 12.4. The maximum absolute atomic E-state index is 9.59. The molecule has 0 unspecified atom stereocenters. The summed E-state index contributed by atoms with van der Waals surface area (Å²) in [7, 11) is 0. The fourth-order valence-corrected chi connectivity index (χ4v) is 1.68. The molecular formula is C15H16O2.